The molecule has 0 fully saturated rings. The fourth-order valence-corrected chi connectivity index (χ4v) is 6.64. The number of phenols is 1. The van der Waals surface area contributed by atoms with Crippen LogP contribution in [-0.4, -0.2) is 93.4 Å². The highest BCUT2D eigenvalue weighted by Gasteiger charge is 2.31. The van der Waals surface area contributed by atoms with Crippen molar-refractivity contribution in [1.82, 2.24) is 31.2 Å². The first-order valence-corrected chi connectivity index (χ1v) is 20.2. The Bertz CT molecular complexity index is 2330. The Morgan fingerprint density at radius 2 is 1.45 bits per heavy atom. The molecule has 3 atom stereocenters. The molecule has 0 spiro atoms. The zero-order valence-corrected chi connectivity index (χ0v) is 34.1. The van der Waals surface area contributed by atoms with Gasteiger partial charge in [0.1, 0.15) is 23.9 Å². The average Bonchev–Trinajstić information content (AvgIpc) is 3.66. The molecule has 62 heavy (non-hydrogen) atoms. The number of nitrogens with one attached hydrogen (secondary N) is 6. The van der Waals surface area contributed by atoms with E-state index in [2.05, 4.69) is 41.5 Å². The largest absolute Gasteiger partial charge is 0.508 e. The molecule has 2 aromatic heterocycles. The first kappa shape index (κ1) is 45.6. The van der Waals surface area contributed by atoms with Crippen molar-refractivity contribution in [2.24, 2.45) is 22.2 Å². The fraction of sp³-hybridized carbons (Fsp3) is 0.295. The number of phenolic OH excluding ortho intramolecular Hbond substituents is 1. The number of aliphatic imine (C=N–C) groups is 1. The van der Waals surface area contributed by atoms with Gasteiger partial charge in [0, 0.05) is 49.1 Å². The van der Waals surface area contributed by atoms with Gasteiger partial charge in [-0.2, -0.15) is 0 Å². The van der Waals surface area contributed by atoms with Crippen LogP contribution < -0.4 is 43.8 Å². The van der Waals surface area contributed by atoms with Crippen LogP contribution in [0.25, 0.3) is 22.0 Å². The molecule has 18 nitrogen and oxygen atoms in total. The number of nitrogens with two attached hydrogens (primary N) is 3. The van der Waals surface area contributed by atoms with Gasteiger partial charge in [0.25, 0.3) is 0 Å². The van der Waals surface area contributed by atoms with E-state index in [4.69, 9.17) is 17.2 Å². The van der Waals surface area contributed by atoms with Crippen LogP contribution in [0.3, 0.4) is 0 Å². The Kier molecular flexibility index (Phi) is 16.8. The monoisotopic (exact) mass is 847 g/mol. The lowest BCUT2D eigenvalue weighted by Gasteiger charge is -2.26. The summed E-state index contributed by atoms with van der Waals surface area (Å²) in [5.74, 6) is -3.60. The predicted octanol–water partition coefficient (Wildman–Crippen LogP) is 1.82. The molecule has 0 aliphatic carbocycles. The van der Waals surface area contributed by atoms with Gasteiger partial charge in [0.05, 0.1) is 6.54 Å². The number of aromatic nitrogens is 2. The quantitative estimate of drug-likeness (QED) is 0.0271. The molecule has 0 aliphatic heterocycles. The average molecular weight is 848 g/mol. The van der Waals surface area contributed by atoms with E-state index < -0.39 is 54.2 Å². The first-order chi connectivity index (χ1) is 29.9. The number of hydrogen-bond acceptors (Lipinski definition) is 10. The van der Waals surface area contributed by atoms with Gasteiger partial charge < -0.3 is 59.0 Å². The fourth-order valence-electron chi connectivity index (χ4n) is 6.64. The van der Waals surface area contributed by atoms with Crippen LogP contribution >= 0.6 is 0 Å². The predicted molar refractivity (Wildman–Crippen MR) is 235 cm³/mol. The van der Waals surface area contributed by atoms with Crippen LogP contribution in [0.1, 0.15) is 43.2 Å². The summed E-state index contributed by atoms with van der Waals surface area (Å²) in [6.07, 6.45) is 4.46. The Labute approximate surface area is 358 Å². The van der Waals surface area contributed by atoms with Crippen molar-refractivity contribution in [2.45, 2.75) is 63.1 Å². The second kappa shape index (κ2) is 22.8. The van der Waals surface area contributed by atoms with E-state index in [-0.39, 0.29) is 62.0 Å². The summed E-state index contributed by atoms with van der Waals surface area (Å²) in [5.41, 5.74) is 20.5. The summed E-state index contributed by atoms with van der Waals surface area (Å²) in [6, 6.07) is 21.2. The van der Waals surface area contributed by atoms with E-state index >= 15 is 0 Å². The summed E-state index contributed by atoms with van der Waals surface area (Å²) in [7, 11) is 0. The van der Waals surface area contributed by atoms with Crippen molar-refractivity contribution in [3.05, 3.63) is 108 Å². The van der Waals surface area contributed by atoms with Gasteiger partial charge in [0.15, 0.2) is 17.5 Å². The van der Waals surface area contributed by atoms with Crippen LogP contribution in [0.4, 0.5) is 5.82 Å². The maximum atomic E-state index is 14.4. The third kappa shape index (κ3) is 13.8. The second-order valence-electron chi connectivity index (χ2n) is 14.6. The van der Waals surface area contributed by atoms with E-state index in [1.165, 1.54) is 24.4 Å². The number of aromatic amines is 1. The van der Waals surface area contributed by atoms with Gasteiger partial charge in [-0.3, -0.25) is 29.0 Å². The number of benzene rings is 3. The molecular weight excluding hydrogens is 795 g/mol. The Balaban J connectivity index is 1.40. The lowest BCUT2D eigenvalue weighted by atomic mass is 9.99. The molecule has 5 aromatic rings. The minimum atomic E-state index is -1.26. The zero-order chi connectivity index (χ0) is 44.4. The van der Waals surface area contributed by atoms with Crippen molar-refractivity contribution in [1.29, 1.82) is 0 Å². The molecule has 0 unspecified atom stereocenters. The summed E-state index contributed by atoms with van der Waals surface area (Å²) < 4.78 is 0. The third-order valence-corrected chi connectivity index (χ3v) is 9.86. The lowest BCUT2D eigenvalue weighted by Crippen LogP contribution is -2.58. The van der Waals surface area contributed by atoms with Gasteiger partial charge >= 0.3 is 0 Å². The van der Waals surface area contributed by atoms with Gasteiger partial charge in [-0.15, -0.1) is 0 Å². The highest BCUT2D eigenvalue weighted by atomic mass is 16.3. The number of carbonyl (C=O) groups is 5. The number of nitrogens with zero attached hydrogens (tertiary/aromatic N) is 2. The molecule has 0 saturated heterocycles. The Morgan fingerprint density at radius 1 is 0.742 bits per heavy atom. The van der Waals surface area contributed by atoms with E-state index in [9.17, 15) is 34.2 Å². The van der Waals surface area contributed by atoms with Gasteiger partial charge in [-0.1, -0.05) is 54.6 Å². The number of aromatic hydroxyl groups is 2. The van der Waals surface area contributed by atoms with E-state index in [1.807, 2.05) is 54.6 Å². The number of anilines is 1. The van der Waals surface area contributed by atoms with Gasteiger partial charge in [0.2, 0.25) is 29.5 Å². The first-order valence-electron chi connectivity index (χ1n) is 20.2. The molecule has 0 aliphatic rings. The van der Waals surface area contributed by atoms with Crippen LogP contribution in [0.5, 0.6) is 11.5 Å². The molecule has 14 N–H and O–H groups in total. The molecule has 18 heteroatoms. The van der Waals surface area contributed by atoms with Crippen molar-refractivity contribution < 1.29 is 34.2 Å². The van der Waals surface area contributed by atoms with E-state index in [0.29, 0.717) is 41.3 Å². The molecule has 3 aromatic carbocycles. The standard InChI is InChI=1S/C44H53N11O7/c45-19-6-12-38(58)52-36(23-30-25-50-33-18-17-31(56)24-32(30)33)43(62)54-35(22-27-13-15-29(16-14-27)28-8-2-1-3-9-28)42(61)53-34(10-4-5-20-49-44(46)47)41(60)51-26-39(59)55-40-37(57)11-7-21-48-40/h1-3,7-9,11,13-18,21,24-25,34-36,50,56-57H,4-6,10,12,19-20,22-23,26,45H2,(H,51,60)(H,52,58)(H,53,61)(H,54,62)(H4,46,47,49)(H,48,55,59)/t34-,35-,36-/m0/s1. The maximum Gasteiger partial charge on any atom is 0.245 e. The van der Waals surface area contributed by atoms with Crippen molar-refractivity contribution >= 4 is 52.2 Å². The lowest BCUT2D eigenvalue weighted by molar-refractivity contribution is -0.134. The van der Waals surface area contributed by atoms with Crippen LogP contribution in [-0.2, 0) is 36.8 Å². The van der Waals surface area contributed by atoms with E-state index in [1.54, 1.807) is 18.3 Å². The molecular formula is C44H53N11O7. The summed E-state index contributed by atoms with van der Waals surface area (Å²) in [5, 5.41) is 34.2. The molecule has 326 valence electrons. The summed E-state index contributed by atoms with van der Waals surface area (Å²) in [6.45, 7) is 0.0197. The summed E-state index contributed by atoms with van der Waals surface area (Å²) >= 11 is 0. The summed E-state index contributed by atoms with van der Waals surface area (Å²) in [4.78, 5) is 79.2. The Morgan fingerprint density at radius 3 is 2.16 bits per heavy atom. The highest BCUT2D eigenvalue weighted by Crippen LogP contribution is 2.25. The SMILES string of the molecule is NCCCC(=O)N[C@@H](Cc1c[nH]c2ccc(O)cc12)C(=O)N[C@@H](Cc1ccc(-c2ccccc2)cc1)C(=O)N[C@@H](CCCCN=C(N)N)C(=O)NCC(=O)Nc1ncccc1O. The normalized spacial score (nSPS) is 12.3. The highest BCUT2D eigenvalue weighted by molar-refractivity contribution is 5.98. The van der Waals surface area contributed by atoms with E-state index in [0.717, 1.165) is 11.1 Å². The van der Waals surface area contributed by atoms with Gasteiger partial charge in [-0.05, 0) is 84.8 Å². The molecule has 0 radical (unpaired) electrons. The number of rotatable bonds is 22. The number of pyridine rings is 1. The Hall–Kier alpha value is -7.47. The maximum absolute atomic E-state index is 14.4. The van der Waals surface area contributed by atoms with Crippen molar-refractivity contribution in [2.75, 3.05) is 25.0 Å². The number of fused-ring (bicyclic) bond motifs is 1. The number of H-pyrrole nitrogens is 1. The smallest absolute Gasteiger partial charge is 0.245 e. The molecule has 0 saturated carbocycles. The second-order valence-corrected chi connectivity index (χ2v) is 14.6. The van der Waals surface area contributed by atoms with Crippen LogP contribution in [0.15, 0.2) is 102 Å². The number of guanidine groups is 1. The minimum Gasteiger partial charge on any atom is -0.508 e. The minimum absolute atomic E-state index is 0.00291. The topological polar surface area (TPSA) is 305 Å². The zero-order valence-electron chi connectivity index (χ0n) is 34.1. The number of carbonyl (C=O) groups excluding carboxylic acids is 5. The third-order valence-electron chi connectivity index (χ3n) is 9.86. The number of unbranched alkanes of at least 4 members (excludes halogenated alkanes) is 1. The van der Waals surface area contributed by atoms with Crippen LogP contribution in [0.2, 0.25) is 0 Å². The van der Waals surface area contributed by atoms with Crippen molar-refractivity contribution in [3.8, 4) is 22.6 Å². The van der Waals surface area contributed by atoms with Gasteiger partial charge in [-0.25, -0.2) is 4.98 Å². The molecule has 0 bridgehead atoms. The van der Waals surface area contributed by atoms with Crippen LogP contribution in [0, 0.1) is 0 Å². The number of hydrogen-bond donors (Lipinski definition) is 11. The molecule has 5 amide bonds. The number of amides is 5. The van der Waals surface area contributed by atoms with Crippen molar-refractivity contribution in [3.63, 3.8) is 0 Å². The molecule has 2 heterocycles. The molecule has 5 rings (SSSR count).